The van der Waals surface area contributed by atoms with Crippen LogP contribution in [-0.4, -0.2) is 32.4 Å². The highest BCUT2D eigenvalue weighted by molar-refractivity contribution is 5.94. The van der Waals surface area contributed by atoms with E-state index < -0.39 is 47.5 Å². The van der Waals surface area contributed by atoms with Crippen LogP contribution >= 0.6 is 0 Å². The monoisotopic (exact) mass is 470 g/mol. The Bertz CT molecular complexity index is 1200. The van der Waals surface area contributed by atoms with E-state index >= 15 is 0 Å². The van der Waals surface area contributed by atoms with E-state index in [1.807, 2.05) is 0 Å². The van der Waals surface area contributed by atoms with Crippen molar-refractivity contribution in [1.29, 1.82) is 0 Å². The predicted octanol–water partition coefficient (Wildman–Crippen LogP) is 4.73. The lowest BCUT2D eigenvalue weighted by Crippen LogP contribution is -2.48. The number of anilines is 1. The fourth-order valence-corrected chi connectivity index (χ4v) is 3.80. The number of fused-ring (bicyclic) bond motifs is 1. The van der Waals surface area contributed by atoms with Crippen molar-refractivity contribution >= 4 is 11.7 Å². The molecule has 0 fully saturated rings. The Morgan fingerprint density at radius 3 is 2.42 bits per heavy atom. The molecule has 0 bridgehead atoms. The van der Waals surface area contributed by atoms with Crippen molar-refractivity contribution in [1.82, 2.24) is 15.2 Å². The summed E-state index contributed by atoms with van der Waals surface area (Å²) in [4.78, 5) is 15.2. The lowest BCUT2D eigenvalue weighted by atomic mass is 9.82. The van der Waals surface area contributed by atoms with Crippen molar-refractivity contribution in [2.24, 2.45) is 0 Å². The molecule has 6 nitrogen and oxygen atoms in total. The first-order valence-corrected chi connectivity index (χ1v) is 9.62. The number of nitrogens with one attached hydrogen (secondary N) is 2. The van der Waals surface area contributed by atoms with Gasteiger partial charge in [0.1, 0.15) is 11.5 Å². The number of hydrogen-bond donors (Lipinski definition) is 3. The Morgan fingerprint density at radius 1 is 1.09 bits per heavy atom. The van der Waals surface area contributed by atoms with E-state index in [2.05, 4.69) is 20.5 Å². The lowest BCUT2D eigenvalue weighted by molar-refractivity contribution is -0.267. The minimum atomic E-state index is -5.13. The molecule has 33 heavy (non-hydrogen) atoms. The molecule has 3 heterocycles. The van der Waals surface area contributed by atoms with Crippen molar-refractivity contribution in [2.45, 2.75) is 37.2 Å². The second-order valence-corrected chi connectivity index (χ2v) is 7.72. The number of nitrogens with zero attached hydrogens (tertiary/aromatic N) is 2. The van der Waals surface area contributed by atoms with Gasteiger partial charge in [-0.3, -0.25) is 14.9 Å². The number of carbonyl (C=O) groups is 1. The van der Waals surface area contributed by atoms with Crippen LogP contribution in [0.4, 0.5) is 32.2 Å². The third-order valence-electron chi connectivity index (χ3n) is 5.54. The Balaban J connectivity index is 1.73. The van der Waals surface area contributed by atoms with Crippen LogP contribution in [0, 0.1) is 0 Å². The third-order valence-corrected chi connectivity index (χ3v) is 5.54. The highest BCUT2D eigenvalue weighted by Gasteiger charge is 2.60. The first-order valence-electron chi connectivity index (χ1n) is 9.62. The number of hydrogen-bond acceptors (Lipinski definition) is 4. The lowest BCUT2D eigenvalue weighted by Gasteiger charge is -2.34. The van der Waals surface area contributed by atoms with Crippen LogP contribution in [0.2, 0.25) is 0 Å². The van der Waals surface area contributed by atoms with Gasteiger partial charge in [-0.2, -0.15) is 31.4 Å². The zero-order chi connectivity index (χ0) is 24.2. The summed E-state index contributed by atoms with van der Waals surface area (Å²) in [7, 11) is 0. The van der Waals surface area contributed by atoms with Gasteiger partial charge in [-0.1, -0.05) is 37.3 Å². The summed E-state index contributed by atoms with van der Waals surface area (Å²) in [5.74, 6) is -2.12. The molecule has 0 radical (unpaired) electrons. The molecule has 3 N–H and O–H groups in total. The molecule has 2 aromatic heterocycles. The summed E-state index contributed by atoms with van der Waals surface area (Å²) in [5.41, 5.74) is -3.80. The summed E-state index contributed by atoms with van der Waals surface area (Å²) < 4.78 is 79.5. The fourth-order valence-electron chi connectivity index (χ4n) is 3.80. The van der Waals surface area contributed by atoms with Crippen LogP contribution in [0.15, 0.2) is 42.6 Å². The highest BCUT2D eigenvalue weighted by atomic mass is 19.4. The molecular formula is C21H16F6N4O2. The van der Waals surface area contributed by atoms with Gasteiger partial charge in [0.05, 0.1) is 17.7 Å². The molecule has 2 unspecified atom stereocenters. The molecule has 1 aliphatic heterocycles. The molecule has 1 amide bonds. The molecule has 174 valence electrons. The van der Waals surface area contributed by atoms with E-state index in [4.69, 9.17) is 0 Å². The molecule has 0 saturated carbocycles. The topological polar surface area (TPSA) is 90.9 Å². The van der Waals surface area contributed by atoms with E-state index in [0.717, 1.165) is 12.3 Å². The SMILES string of the molecule is CC(c1cccc(-c2ccc(C(F)(F)F)nc2)c1)c1n[nH]c2c1C(O)(C(F)(F)F)CC(=O)N2. The number of aliphatic hydroxyl groups is 1. The van der Waals surface area contributed by atoms with Crippen LogP contribution in [0.3, 0.4) is 0 Å². The van der Waals surface area contributed by atoms with Gasteiger partial charge in [0.2, 0.25) is 5.91 Å². The van der Waals surface area contributed by atoms with Gasteiger partial charge in [-0.25, -0.2) is 0 Å². The number of aromatic nitrogens is 3. The number of alkyl halides is 6. The maximum Gasteiger partial charge on any atom is 0.433 e. The summed E-state index contributed by atoms with van der Waals surface area (Å²) in [6.45, 7) is 1.56. The van der Waals surface area contributed by atoms with Crippen molar-refractivity contribution in [3.63, 3.8) is 0 Å². The van der Waals surface area contributed by atoms with Gasteiger partial charge < -0.3 is 10.4 Å². The summed E-state index contributed by atoms with van der Waals surface area (Å²) in [6.07, 6.45) is -9.87. The van der Waals surface area contributed by atoms with Crippen molar-refractivity contribution < 1.29 is 36.2 Å². The van der Waals surface area contributed by atoms with Crippen LogP contribution in [0.1, 0.15) is 41.8 Å². The first-order chi connectivity index (χ1) is 15.3. The van der Waals surface area contributed by atoms with E-state index in [9.17, 15) is 36.2 Å². The molecule has 3 aromatic rings. The number of carbonyl (C=O) groups excluding carboxylic acids is 1. The van der Waals surface area contributed by atoms with Crippen LogP contribution in [-0.2, 0) is 16.6 Å². The summed E-state index contributed by atoms with van der Waals surface area (Å²) in [5, 5.41) is 19.0. The number of halogens is 6. The van der Waals surface area contributed by atoms with Gasteiger partial charge in [0.25, 0.3) is 0 Å². The van der Waals surface area contributed by atoms with E-state index in [1.54, 1.807) is 31.2 Å². The Kier molecular flexibility index (Phi) is 5.23. The Hall–Kier alpha value is -3.41. The van der Waals surface area contributed by atoms with Crippen LogP contribution in [0.25, 0.3) is 11.1 Å². The standard InChI is InChI=1S/C21H16F6N4O2/c1-10(17-16-18(31-30-17)29-15(32)8-19(16,33)21(25,26)27)11-3-2-4-12(7-11)13-5-6-14(28-9-13)20(22,23)24/h2-7,9-10,33H,8H2,1H3,(H2,29,30,31,32). The molecule has 1 aromatic carbocycles. The van der Waals surface area contributed by atoms with Gasteiger partial charge in [0.15, 0.2) is 5.60 Å². The van der Waals surface area contributed by atoms with E-state index in [-0.39, 0.29) is 11.5 Å². The summed E-state index contributed by atoms with van der Waals surface area (Å²) >= 11 is 0. The second kappa shape index (κ2) is 7.58. The maximum atomic E-state index is 13.7. The average Bonchev–Trinajstić information content (AvgIpc) is 3.16. The highest BCUT2D eigenvalue weighted by Crippen LogP contribution is 2.49. The molecular weight excluding hydrogens is 454 g/mol. The third kappa shape index (κ3) is 3.94. The zero-order valence-corrected chi connectivity index (χ0v) is 16.8. The Morgan fingerprint density at radius 2 is 1.82 bits per heavy atom. The molecule has 12 heteroatoms. The normalized spacial score (nSPS) is 19.7. The second-order valence-electron chi connectivity index (χ2n) is 7.72. The zero-order valence-electron chi connectivity index (χ0n) is 16.8. The minimum absolute atomic E-state index is 0.118. The maximum absolute atomic E-state index is 13.7. The van der Waals surface area contributed by atoms with Gasteiger partial charge in [-0.15, -0.1) is 0 Å². The van der Waals surface area contributed by atoms with Crippen molar-refractivity contribution in [3.05, 3.63) is 65.1 Å². The Labute approximate surface area is 182 Å². The van der Waals surface area contributed by atoms with Crippen LogP contribution in [0.5, 0.6) is 0 Å². The molecule has 0 aliphatic carbocycles. The quantitative estimate of drug-likeness (QED) is 0.483. The summed E-state index contributed by atoms with van der Waals surface area (Å²) in [6, 6.07) is 8.49. The van der Waals surface area contributed by atoms with E-state index in [0.29, 0.717) is 16.7 Å². The molecule has 4 rings (SSSR count). The fraction of sp³-hybridized carbons (Fsp3) is 0.286. The number of amides is 1. The number of rotatable bonds is 3. The minimum Gasteiger partial charge on any atom is -0.376 e. The smallest absolute Gasteiger partial charge is 0.376 e. The van der Waals surface area contributed by atoms with Crippen molar-refractivity contribution in [3.8, 4) is 11.1 Å². The number of pyridine rings is 1. The first kappa shape index (κ1) is 22.8. The predicted molar refractivity (Wildman–Crippen MR) is 104 cm³/mol. The molecule has 1 aliphatic rings. The average molecular weight is 470 g/mol. The van der Waals surface area contributed by atoms with Gasteiger partial charge in [-0.05, 0) is 17.2 Å². The largest absolute Gasteiger partial charge is 0.433 e. The number of aromatic amines is 1. The van der Waals surface area contributed by atoms with Gasteiger partial charge >= 0.3 is 12.4 Å². The van der Waals surface area contributed by atoms with Crippen LogP contribution < -0.4 is 5.32 Å². The molecule has 2 atom stereocenters. The molecule has 0 spiro atoms. The van der Waals surface area contributed by atoms with E-state index in [1.165, 1.54) is 6.07 Å². The molecule has 0 saturated heterocycles. The number of benzene rings is 1. The van der Waals surface area contributed by atoms with Crippen molar-refractivity contribution in [2.75, 3.05) is 5.32 Å². The number of H-pyrrole nitrogens is 1. The van der Waals surface area contributed by atoms with Gasteiger partial charge in [0, 0.05) is 17.7 Å².